The Morgan fingerprint density at radius 2 is 2.00 bits per heavy atom. The number of amides is 1. The highest BCUT2D eigenvalue weighted by Crippen LogP contribution is 2.32. The van der Waals surface area contributed by atoms with Crippen LogP contribution in [0.5, 0.6) is 0 Å². The van der Waals surface area contributed by atoms with Gasteiger partial charge in [-0.25, -0.2) is 0 Å². The number of Topliss-reactive ketones (excluding diaryl/α,β-unsaturated/α-hetero) is 1. The van der Waals surface area contributed by atoms with E-state index < -0.39 is 11.7 Å². The van der Waals surface area contributed by atoms with Gasteiger partial charge in [-0.05, 0) is 24.5 Å². The van der Waals surface area contributed by atoms with Crippen LogP contribution >= 0.6 is 0 Å². The summed E-state index contributed by atoms with van der Waals surface area (Å²) in [7, 11) is 0. The first-order chi connectivity index (χ1) is 9.19. The fourth-order valence-electron chi connectivity index (χ4n) is 2.09. The lowest BCUT2D eigenvalue weighted by molar-refractivity contribution is -0.114. The van der Waals surface area contributed by atoms with Crippen LogP contribution in [0, 0.1) is 11.3 Å². The zero-order valence-electron chi connectivity index (χ0n) is 10.6. The van der Waals surface area contributed by atoms with Crippen molar-refractivity contribution < 1.29 is 9.59 Å². The lowest BCUT2D eigenvalue weighted by atomic mass is 9.94. The van der Waals surface area contributed by atoms with Gasteiger partial charge < -0.3 is 0 Å². The molecule has 0 bridgehead atoms. The number of benzene rings is 1. The smallest absolute Gasteiger partial charge is 0.283 e. The van der Waals surface area contributed by atoms with Gasteiger partial charge in [0.25, 0.3) is 5.78 Å². The molecule has 0 aliphatic carbocycles. The molecule has 96 valence electrons. The van der Waals surface area contributed by atoms with Gasteiger partial charge >= 0.3 is 5.91 Å². The predicted octanol–water partition coefficient (Wildman–Crippen LogP) is 3.10. The highest BCUT2D eigenvalue weighted by molar-refractivity contribution is 6.45. The quantitative estimate of drug-likeness (QED) is 0.612. The molecule has 1 heterocycles. The van der Waals surface area contributed by atoms with Gasteiger partial charge in [0.05, 0.1) is 17.2 Å². The molecule has 5 heteroatoms. The van der Waals surface area contributed by atoms with E-state index in [1.54, 1.807) is 12.1 Å². The van der Waals surface area contributed by atoms with Crippen LogP contribution in [-0.2, 0) is 11.2 Å². The average Bonchev–Trinajstić information content (AvgIpc) is 2.43. The van der Waals surface area contributed by atoms with Crippen molar-refractivity contribution in [3.05, 3.63) is 28.8 Å². The normalized spacial score (nSPS) is 13.3. The van der Waals surface area contributed by atoms with Crippen LogP contribution in [0.25, 0.3) is 0 Å². The Morgan fingerprint density at radius 3 is 2.68 bits per heavy atom. The molecular formula is C14H13N3O2. The van der Waals surface area contributed by atoms with Gasteiger partial charge in [0.15, 0.2) is 0 Å². The molecule has 19 heavy (non-hydrogen) atoms. The van der Waals surface area contributed by atoms with Crippen LogP contribution in [0.1, 0.15) is 47.7 Å². The van der Waals surface area contributed by atoms with Gasteiger partial charge in [0, 0.05) is 0 Å². The van der Waals surface area contributed by atoms with E-state index in [0.717, 1.165) is 31.2 Å². The molecule has 0 N–H and O–H groups in total. The molecule has 0 spiro atoms. The monoisotopic (exact) mass is 255 g/mol. The molecule has 0 aromatic heterocycles. The number of ketones is 1. The Balaban J connectivity index is 2.46. The molecule has 1 aromatic rings. The van der Waals surface area contributed by atoms with E-state index in [1.807, 2.05) is 6.07 Å². The van der Waals surface area contributed by atoms with Crippen molar-refractivity contribution in [2.45, 2.75) is 32.6 Å². The summed E-state index contributed by atoms with van der Waals surface area (Å²) in [5, 5.41) is 16.2. The highest BCUT2D eigenvalue weighted by atomic mass is 16.2. The Morgan fingerprint density at radius 1 is 1.21 bits per heavy atom. The summed E-state index contributed by atoms with van der Waals surface area (Å²) in [6.45, 7) is 2.11. The molecule has 5 nitrogen and oxygen atoms in total. The van der Waals surface area contributed by atoms with E-state index in [-0.39, 0.29) is 11.1 Å². The third-order valence-corrected chi connectivity index (χ3v) is 3.09. The van der Waals surface area contributed by atoms with Crippen molar-refractivity contribution in [3.63, 3.8) is 0 Å². The molecular weight excluding hydrogens is 242 g/mol. The van der Waals surface area contributed by atoms with E-state index in [2.05, 4.69) is 17.2 Å². The Hall–Kier alpha value is -2.35. The van der Waals surface area contributed by atoms with Crippen LogP contribution < -0.4 is 0 Å². The number of unbranched alkanes of at least 4 members (excludes halogenated alkanes) is 2. The molecule has 1 aliphatic rings. The number of nitriles is 1. The standard InChI is InChI=1S/C14H13N3O2/c1-2-3-4-5-9-6-7-10(8-15)11-12(9)16-17-14(19)13(11)18/h6-7H,2-5H2,1H3. The molecule has 0 saturated heterocycles. The first-order valence-corrected chi connectivity index (χ1v) is 6.25. The summed E-state index contributed by atoms with van der Waals surface area (Å²) in [6.07, 6.45) is 3.92. The zero-order chi connectivity index (χ0) is 13.8. The van der Waals surface area contributed by atoms with Gasteiger partial charge in [-0.1, -0.05) is 25.8 Å². The second-order valence-electron chi connectivity index (χ2n) is 4.40. The van der Waals surface area contributed by atoms with Crippen LogP contribution in [0.3, 0.4) is 0 Å². The fourth-order valence-corrected chi connectivity index (χ4v) is 2.09. The number of hydrogen-bond acceptors (Lipinski definition) is 4. The molecule has 1 aliphatic heterocycles. The average molecular weight is 255 g/mol. The van der Waals surface area contributed by atoms with E-state index >= 15 is 0 Å². The number of nitrogens with zero attached hydrogens (tertiary/aromatic N) is 3. The molecule has 1 amide bonds. The predicted molar refractivity (Wildman–Crippen MR) is 68.2 cm³/mol. The first kappa shape index (κ1) is 13.1. The van der Waals surface area contributed by atoms with Gasteiger partial charge in [-0.15, -0.1) is 10.2 Å². The number of fused-ring (bicyclic) bond motifs is 1. The SMILES string of the molecule is CCCCCc1ccc(C#N)c2c1N=NC(=O)C2=O. The molecule has 2 rings (SSSR count). The number of azo groups is 1. The summed E-state index contributed by atoms with van der Waals surface area (Å²) in [5.74, 6) is -1.64. The van der Waals surface area contributed by atoms with Gasteiger partial charge in [-0.3, -0.25) is 9.59 Å². The Bertz CT molecular complexity index is 612. The van der Waals surface area contributed by atoms with Crippen molar-refractivity contribution >= 4 is 17.4 Å². The minimum absolute atomic E-state index is 0.108. The maximum absolute atomic E-state index is 11.8. The molecule has 0 saturated carbocycles. The lowest BCUT2D eigenvalue weighted by Gasteiger charge is -2.12. The van der Waals surface area contributed by atoms with Crippen molar-refractivity contribution in [1.29, 1.82) is 5.26 Å². The Labute approximate surface area is 111 Å². The number of aryl methyl sites for hydroxylation is 1. The van der Waals surface area contributed by atoms with E-state index in [1.165, 1.54) is 0 Å². The number of carbonyl (C=O) groups is 2. The van der Waals surface area contributed by atoms with Crippen molar-refractivity contribution in [3.8, 4) is 6.07 Å². The van der Waals surface area contributed by atoms with Crippen molar-refractivity contribution in [1.82, 2.24) is 0 Å². The van der Waals surface area contributed by atoms with Crippen LogP contribution in [-0.4, -0.2) is 11.7 Å². The number of rotatable bonds is 4. The fraction of sp³-hybridized carbons (Fsp3) is 0.357. The third-order valence-electron chi connectivity index (χ3n) is 3.09. The van der Waals surface area contributed by atoms with Crippen molar-refractivity contribution in [2.75, 3.05) is 0 Å². The van der Waals surface area contributed by atoms with Crippen LogP contribution in [0.15, 0.2) is 22.4 Å². The van der Waals surface area contributed by atoms with Gasteiger partial charge in [-0.2, -0.15) is 5.26 Å². The topological polar surface area (TPSA) is 82.7 Å². The molecule has 1 aromatic carbocycles. The Kier molecular flexibility index (Phi) is 3.81. The van der Waals surface area contributed by atoms with E-state index in [0.29, 0.717) is 5.69 Å². The summed E-state index contributed by atoms with van der Waals surface area (Å²) < 4.78 is 0. The summed E-state index contributed by atoms with van der Waals surface area (Å²) in [4.78, 5) is 23.1. The molecule has 0 radical (unpaired) electrons. The van der Waals surface area contributed by atoms with E-state index in [4.69, 9.17) is 5.26 Å². The first-order valence-electron chi connectivity index (χ1n) is 6.25. The highest BCUT2D eigenvalue weighted by Gasteiger charge is 2.28. The van der Waals surface area contributed by atoms with Crippen LogP contribution in [0.2, 0.25) is 0 Å². The lowest BCUT2D eigenvalue weighted by Crippen LogP contribution is -2.16. The van der Waals surface area contributed by atoms with E-state index in [9.17, 15) is 9.59 Å². The largest absolute Gasteiger partial charge is 0.336 e. The zero-order valence-corrected chi connectivity index (χ0v) is 10.6. The minimum atomic E-state index is -0.908. The molecule has 0 unspecified atom stereocenters. The number of hydrogen-bond donors (Lipinski definition) is 0. The second-order valence-corrected chi connectivity index (χ2v) is 4.40. The third kappa shape index (κ3) is 2.43. The maximum Gasteiger partial charge on any atom is 0.336 e. The summed E-state index contributed by atoms with van der Waals surface area (Å²) in [5.41, 5.74) is 1.55. The van der Waals surface area contributed by atoms with Crippen LogP contribution in [0.4, 0.5) is 5.69 Å². The number of carbonyl (C=O) groups excluding carboxylic acids is 2. The summed E-state index contributed by atoms with van der Waals surface area (Å²) in [6, 6.07) is 5.29. The molecule has 0 atom stereocenters. The minimum Gasteiger partial charge on any atom is -0.283 e. The maximum atomic E-state index is 11.8. The van der Waals surface area contributed by atoms with Gasteiger partial charge in [0.1, 0.15) is 5.69 Å². The second kappa shape index (κ2) is 5.53. The van der Waals surface area contributed by atoms with Crippen molar-refractivity contribution in [2.24, 2.45) is 10.2 Å². The van der Waals surface area contributed by atoms with Gasteiger partial charge in [0.2, 0.25) is 0 Å². The summed E-state index contributed by atoms with van der Waals surface area (Å²) >= 11 is 0. The molecule has 0 fully saturated rings.